The molecule has 62 heavy (non-hydrogen) atoms. The van der Waals surface area contributed by atoms with Crippen LogP contribution in [-0.4, -0.2) is 16.2 Å². The molecule has 12 aromatic rings. The fourth-order valence-corrected chi connectivity index (χ4v) is 9.61. The van der Waals surface area contributed by atoms with Crippen molar-refractivity contribution in [2.45, 2.75) is 6.17 Å². The molecule has 0 fully saturated rings. The van der Waals surface area contributed by atoms with E-state index in [1.54, 1.807) is 0 Å². The lowest BCUT2D eigenvalue weighted by Crippen LogP contribution is -2.33. The Kier molecular flexibility index (Phi) is 7.60. The number of rotatable bonds is 5. The van der Waals surface area contributed by atoms with E-state index in [4.69, 9.17) is 14.4 Å². The molecular formula is C57H36N4O. The van der Waals surface area contributed by atoms with Gasteiger partial charge in [-0.2, -0.15) is 0 Å². The number of hydrogen-bond acceptors (Lipinski definition) is 4. The van der Waals surface area contributed by atoms with Crippen molar-refractivity contribution < 1.29 is 4.42 Å². The minimum Gasteiger partial charge on any atom is -0.456 e. The monoisotopic (exact) mass is 792 g/mol. The number of amidine groups is 2. The standard InChI is InChI=1S/C57H36N4O/c1-3-14-37-30-41(26-24-35(37)12-1)55-58-56(42-27-25-36-13-2-4-15-38(36)31-42)60-57(59-55)43-28-29-50(48(33-43)45-20-11-23-53-54(45)46-19-8-10-22-52(46)62-53)61-49-21-9-7-18-44(49)47-32-39-16-5-6-17-40(39)34-51(47)61/h1-34,55H,(H,58,59,60). The molecule has 5 heteroatoms. The van der Waals surface area contributed by atoms with Crippen LogP contribution >= 0.6 is 0 Å². The summed E-state index contributed by atoms with van der Waals surface area (Å²) in [6.45, 7) is 0. The van der Waals surface area contributed by atoms with Crippen molar-refractivity contribution in [3.8, 4) is 16.8 Å². The maximum atomic E-state index is 6.51. The van der Waals surface area contributed by atoms with Crippen LogP contribution in [0.1, 0.15) is 22.9 Å². The second-order valence-electron chi connectivity index (χ2n) is 16.2. The van der Waals surface area contributed by atoms with Crippen LogP contribution in [0.2, 0.25) is 0 Å². The van der Waals surface area contributed by atoms with E-state index in [1.165, 1.54) is 37.7 Å². The molecule has 290 valence electrons. The maximum absolute atomic E-state index is 6.51. The SMILES string of the molecule is c1ccc2cc(C3=NC(c4ccc(-n5c6ccccc6c6cc7ccccc7cc65)c(-c5cccc6oc7ccccc7c56)c4)=NC(c4ccc5ccccc5c4)N3)ccc2c1. The van der Waals surface area contributed by atoms with Crippen LogP contribution in [0.4, 0.5) is 0 Å². The summed E-state index contributed by atoms with van der Waals surface area (Å²) < 4.78 is 8.94. The highest BCUT2D eigenvalue weighted by molar-refractivity contribution is 6.18. The van der Waals surface area contributed by atoms with Crippen LogP contribution in [-0.2, 0) is 0 Å². The second-order valence-corrected chi connectivity index (χ2v) is 16.2. The Labute approximate surface area is 356 Å². The molecule has 3 heterocycles. The Morgan fingerprint density at radius 3 is 1.90 bits per heavy atom. The molecule has 0 saturated carbocycles. The molecule has 0 spiro atoms. The largest absolute Gasteiger partial charge is 0.456 e. The van der Waals surface area contributed by atoms with Crippen molar-refractivity contribution in [1.82, 2.24) is 9.88 Å². The predicted molar refractivity (Wildman–Crippen MR) is 258 cm³/mol. The summed E-state index contributed by atoms with van der Waals surface area (Å²) in [5.74, 6) is 1.44. The number of aliphatic imine (C=N–C) groups is 2. The summed E-state index contributed by atoms with van der Waals surface area (Å²) in [4.78, 5) is 10.8. The zero-order valence-electron chi connectivity index (χ0n) is 33.5. The molecule has 0 aliphatic carbocycles. The molecule has 1 N–H and O–H groups in total. The Morgan fingerprint density at radius 1 is 0.435 bits per heavy atom. The summed E-state index contributed by atoms with van der Waals surface area (Å²) in [5, 5.41) is 15.4. The van der Waals surface area contributed by atoms with Crippen molar-refractivity contribution in [2.75, 3.05) is 0 Å². The van der Waals surface area contributed by atoms with Gasteiger partial charge in [-0.3, -0.25) is 0 Å². The highest BCUT2D eigenvalue weighted by Gasteiger charge is 2.25. The normalized spacial score (nSPS) is 14.3. The fraction of sp³-hybridized carbons (Fsp3) is 0.0175. The van der Waals surface area contributed by atoms with E-state index >= 15 is 0 Å². The van der Waals surface area contributed by atoms with Crippen LogP contribution < -0.4 is 5.32 Å². The molecule has 1 unspecified atom stereocenters. The quantitative estimate of drug-likeness (QED) is 0.189. The second kappa shape index (κ2) is 13.6. The van der Waals surface area contributed by atoms with Gasteiger partial charge in [0.05, 0.1) is 16.7 Å². The first kappa shape index (κ1) is 34.6. The third-order valence-corrected chi connectivity index (χ3v) is 12.6. The Bertz CT molecular complexity index is 3870. The Hall–Kier alpha value is -8.28. The predicted octanol–water partition coefficient (Wildman–Crippen LogP) is 14.3. The minimum absolute atomic E-state index is 0.372. The summed E-state index contributed by atoms with van der Waals surface area (Å²) in [6.07, 6.45) is -0.372. The minimum atomic E-state index is -0.372. The fourth-order valence-electron chi connectivity index (χ4n) is 9.61. The van der Waals surface area contributed by atoms with Crippen LogP contribution in [0.5, 0.6) is 0 Å². The lowest BCUT2D eigenvalue weighted by Gasteiger charge is -2.24. The van der Waals surface area contributed by atoms with Crippen LogP contribution in [0, 0.1) is 0 Å². The molecule has 13 rings (SSSR count). The van der Waals surface area contributed by atoms with E-state index in [1.807, 2.05) is 12.1 Å². The number of aromatic nitrogens is 1. The van der Waals surface area contributed by atoms with E-state index < -0.39 is 0 Å². The van der Waals surface area contributed by atoms with Gasteiger partial charge in [-0.25, -0.2) is 9.98 Å². The molecule has 0 bridgehead atoms. The highest BCUT2D eigenvalue weighted by Crippen LogP contribution is 2.43. The number of nitrogens with zero attached hydrogens (tertiary/aromatic N) is 3. The number of hydrogen-bond donors (Lipinski definition) is 1. The van der Waals surface area contributed by atoms with Crippen molar-refractivity contribution in [3.63, 3.8) is 0 Å². The smallest absolute Gasteiger partial charge is 0.159 e. The van der Waals surface area contributed by atoms with E-state index in [9.17, 15) is 0 Å². The summed E-state index contributed by atoms with van der Waals surface area (Å²) in [7, 11) is 0. The lowest BCUT2D eigenvalue weighted by molar-refractivity contribution is 0.669. The molecule has 1 aliphatic rings. The first-order chi connectivity index (χ1) is 30.7. The van der Waals surface area contributed by atoms with Gasteiger partial charge >= 0.3 is 0 Å². The molecule has 5 nitrogen and oxygen atoms in total. The average molecular weight is 793 g/mol. The van der Waals surface area contributed by atoms with Gasteiger partial charge in [0.15, 0.2) is 5.84 Å². The first-order valence-electron chi connectivity index (χ1n) is 21.1. The molecule has 1 aliphatic heterocycles. The van der Waals surface area contributed by atoms with Gasteiger partial charge in [0.2, 0.25) is 0 Å². The molecule has 0 radical (unpaired) electrons. The van der Waals surface area contributed by atoms with Crippen LogP contribution in [0.25, 0.3) is 92.9 Å². The number of para-hydroxylation sites is 2. The van der Waals surface area contributed by atoms with Gasteiger partial charge in [-0.15, -0.1) is 0 Å². The average Bonchev–Trinajstić information content (AvgIpc) is 3.88. The molecule has 10 aromatic carbocycles. The number of furan rings is 1. The van der Waals surface area contributed by atoms with Gasteiger partial charge in [0.25, 0.3) is 0 Å². The summed E-state index contributed by atoms with van der Waals surface area (Å²) in [5.41, 5.74) is 10.2. The van der Waals surface area contributed by atoms with E-state index in [0.717, 1.165) is 77.7 Å². The number of fused-ring (bicyclic) bond motifs is 9. The van der Waals surface area contributed by atoms with Gasteiger partial charge in [-0.1, -0.05) is 146 Å². The molecule has 2 aromatic heterocycles. The lowest BCUT2D eigenvalue weighted by atomic mass is 9.95. The van der Waals surface area contributed by atoms with Gasteiger partial charge in [0, 0.05) is 38.2 Å². The zero-order valence-corrected chi connectivity index (χ0v) is 33.5. The van der Waals surface area contributed by atoms with Gasteiger partial charge in [-0.05, 0) is 104 Å². The van der Waals surface area contributed by atoms with E-state index in [-0.39, 0.29) is 6.17 Å². The number of nitrogens with one attached hydrogen (secondary N) is 1. The van der Waals surface area contributed by atoms with Crippen LogP contribution in [0.15, 0.2) is 221 Å². The molecule has 0 amide bonds. The Morgan fingerprint density at radius 2 is 1.08 bits per heavy atom. The zero-order chi connectivity index (χ0) is 40.7. The third kappa shape index (κ3) is 5.49. The third-order valence-electron chi connectivity index (χ3n) is 12.6. The maximum Gasteiger partial charge on any atom is 0.159 e. The van der Waals surface area contributed by atoms with E-state index in [0.29, 0.717) is 5.84 Å². The molecular weight excluding hydrogens is 757 g/mol. The highest BCUT2D eigenvalue weighted by atomic mass is 16.3. The van der Waals surface area contributed by atoms with E-state index in [2.05, 4.69) is 204 Å². The summed E-state index contributed by atoms with van der Waals surface area (Å²) >= 11 is 0. The first-order valence-corrected chi connectivity index (χ1v) is 21.1. The molecule has 1 atom stereocenters. The summed E-state index contributed by atoms with van der Waals surface area (Å²) in [6, 6.07) is 73.6. The number of benzene rings is 10. The van der Waals surface area contributed by atoms with Crippen LogP contribution in [0.3, 0.4) is 0 Å². The molecule has 0 saturated heterocycles. The Balaban J connectivity index is 1.08. The van der Waals surface area contributed by atoms with Crippen molar-refractivity contribution in [1.29, 1.82) is 0 Å². The van der Waals surface area contributed by atoms with Gasteiger partial charge in [0.1, 0.15) is 23.2 Å². The van der Waals surface area contributed by atoms with Crippen molar-refractivity contribution >= 4 is 87.7 Å². The van der Waals surface area contributed by atoms with Crippen molar-refractivity contribution in [3.05, 3.63) is 223 Å². The van der Waals surface area contributed by atoms with Gasteiger partial charge < -0.3 is 14.3 Å². The topological polar surface area (TPSA) is 54.8 Å². The van der Waals surface area contributed by atoms with Crippen molar-refractivity contribution in [2.24, 2.45) is 9.98 Å².